The zero-order valence-corrected chi connectivity index (χ0v) is 10.3. The van der Waals surface area contributed by atoms with E-state index in [1.165, 1.54) is 0 Å². The largest absolute Gasteiger partial charge is 0.390 e. The molecule has 0 aliphatic rings. The Balaban J connectivity index is 2.66. The molecule has 1 atom stereocenters. The molecule has 0 aliphatic heterocycles. The molecule has 0 bridgehead atoms. The van der Waals surface area contributed by atoms with Crippen LogP contribution in [0.25, 0.3) is 0 Å². The first-order valence-electron chi connectivity index (χ1n) is 5.46. The molecule has 0 fully saturated rings. The second-order valence-corrected chi connectivity index (χ2v) is 4.35. The number of rotatable bonds is 6. The minimum absolute atomic E-state index is 0.189. The molecule has 1 rings (SSSR count). The Morgan fingerprint density at radius 3 is 2.71 bits per heavy atom. The van der Waals surface area contributed by atoms with Crippen LogP contribution in [0.4, 0.5) is 8.78 Å². The van der Waals surface area contributed by atoms with Crippen LogP contribution in [-0.4, -0.2) is 24.2 Å². The molecule has 2 N–H and O–H groups in total. The van der Waals surface area contributed by atoms with Gasteiger partial charge in [0.25, 0.3) is 5.92 Å². The van der Waals surface area contributed by atoms with Crippen molar-refractivity contribution in [2.24, 2.45) is 0 Å². The molecule has 0 aromatic heterocycles. The average molecular weight is 264 g/mol. The predicted octanol–water partition coefficient (Wildman–Crippen LogP) is 3.01. The second-order valence-electron chi connectivity index (χ2n) is 3.91. The molecule has 2 nitrogen and oxygen atoms in total. The topological polar surface area (TPSA) is 32.3 Å². The van der Waals surface area contributed by atoms with Gasteiger partial charge in [0.05, 0.1) is 6.54 Å². The van der Waals surface area contributed by atoms with E-state index in [4.69, 9.17) is 16.7 Å². The summed E-state index contributed by atoms with van der Waals surface area (Å²) in [5.41, 5.74) is 0.869. The quantitative estimate of drug-likeness (QED) is 0.827. The summed E-state index contributed by atoms with van der Waals surface area (Å²) < 4.78 is 25.8. The molecular weight excluding hydrogens is 248 g/mol. The van der Waals surface area contributed by atoms with Crippen LogP contribution in [0.2, 0.25) is 5.02 Å². The zero-order valence-electron chi connectivity index (χ0n) is 9.59. The molecule has 0 aliphatic carbocycles. The van der Waals surface area contributed by atoms with E-state index in [1.54, 1.807) is 18.2 Å². The lowest BCUT2D eigenvalue weighted by Gasteiger charge is -2.21. The Labute approximate surface area is 105 Å². The molecule has 0 radical (unpaired) electrons. The van der Waals surface area contributed by atoms with Crippen molar-refractivity contribution in [3.05, 3.63) is 34.9 Å². The van der Waals surface area contributed by atoms with E-state index in [0.717, 1.165) is 5.56 Å². The number of hydrogen-bond donors (Lipinski definition) is 2. The number of aliphatic hydroxyl groups excluding tert-OH is 1. The molecule has 1 aromatic rings. The van der Waals surface area contributed by atoms with Crippen molar-refractivity contribution in [2.75, 3.05) is 13.2 Å². The first kappa shape index (κ1) is 14.4. The van der Waals surface area contributed by atoms with Crippen molar-refractivity contribution < 1.29 is 13.9 Å². The van der Waals surface area contributed by atoms with Gasteiger partial charge in [-0.05, 0) is 24.1 Å². The van der Waals surface area contributed by atoms with Crippen LogP contribution in [0.1, 0.15) is 24.9 Å². The maximum atomic E-state index is 12.9. The van der Waals surface area contributed by atoms with Crippen LogP contribution < -0.4 is 5.32 Å². The minimum Gasteiger partial charge on any atom is -0.390 e. The lowest BCUT2D eigenvalue weighted by Crippen LogP contribution is -2.37. The average Bonchev–Trinajstić information content (AvgIpc) is 2.30. The monoisotopic (exact) mass is 263 g/mol. The van der Waals surface area contributed by atoms with Crippen LogP contribution in [0.3, 0.4) is 0 Å². The fraction of sp³-hybridized carbons (Fsp3) is 0.500. The molecule has 17 heavy (non-hydrogen) atoms. The SMILES string of the molecule is CCC(NCC(F)(F)CO)c1cccc(Cl)c1. The highest BCUT2D eigenvalue weighted by atomic mass is 35.5. The number of alkyl halides is 2. The summed E-state index contributed by atoms with van der Waals surface area (Å²) in [6, 6.07) is 6.92. The third-order valence-corrected chi connectivity index (χ3v) is 2.73. The van der Waals surface area contributed by atoms with Gasteiger partial charge in [-0.15, -0.1) is 0 Å². The molecule has 1 unspecified atom stereocenters. The molecule has 5 heteroatoms. The molecule has 1 aromatic carbocycles. The maximum absolute atomic E-state index is 12.9. The third kappa shape index (κ3) is 4.58. The van der Waals surface area contributed by atoms with Crippen molar-refractivity contribution >= 4 is 11.6 Å². The molecule has 0 heterocycles. The van der Waals surface area contributed by atoms with Gasteiger partial charge in [0.15, 0.2) is 0 Å². The third-order valence-electron chi connectivity index (χ3n) is 2.50. The second kappa shape index (κ2) is 6.28. The van der Waals surface area contributed by atoms with E-state index in [9.17, 15) is 8.78 Å². The van der Waals surface area contributed by atoms with Crippen molar-refractivity contribution in [1.82, 2.24) is 5.32 Å². The highest BCUT2D eigenvalue weighted by Gasteiger charge is 2.28. The van der Waals surface area contributed by atoms with Crippen molar-refractivity contribution in [3.63, 3.8) is 0 Å². The molecular formula is C12H16ClF2NO. The van der Waals surface area contributed by atoms with E-state index >= 15 is 0 Å². The molecule has 0 spiro atoms. The minimum atomic E-state index is -3.09. The molecule has 0 amide bonds. The van der Waals surface area contributed by atoms with Crippen molar-refractivity contribution in [2.45, 2.75) is 25.3 Å². The molecule has 96 valence electrons. The van der Waals surface area contributed by atoms with Gasteiger partial charge in [0.1, 0.15) is 6.61 Å². The van der Waals surface area contributed by atoms with E-state index in [2.05, 4.69) is 5.32 Å². The van der Waals surface area contributed by atoms with Gasteiger partial charge >= 0.3 is 0 Å². The van der Waals surface area contributed by atoms with Crippen LogP contribution in [0.5, 0.6) is 0 Å². The zero-order chi connectivity index (χ0) is 12.9. The number of aliphatic hydroxyl groups is 1. The Morgan fingerprint density at radius 2 is 2.18 bits per heavy atom. The van der Waals surface area contributed by atoms with E-state index in [1.807, 2.05) is 13.0 Å². The summed E-state index contributed by atoms with van der Waals surface area (Å²) in [6.07, 6.45) is 0.669. The van der Waals surface area contributed by atoms with E-state index in [0.29, 0.717) is 11.4 Å². The lowest BCUT2D eigenvalue weighted by molar-refractivity contribution is -0.0494. The highest BCUT2D eigenvalue weighted by molar-refractivity contribution is 6.30. The summed E-state index contributed by atoms with van der Waals surface area (Å²) >= 11 is 5.85. The van der Waals surface area contributed by atoms with Crippen LogP contribution in [0.15, 0.2) is 24.3 Å². The summed E-state index contributed by atoms with van der Waals surface area (Å²) in [5.74, 6) is -3.09. The first-order chi connectivity index (χ1) is 7.98. The number of benzene rings is 1. The van der Waals surface area contributed by atoms with Crippen LogP contribution in [-0.2, 0) is 0 Å². The number of nitrogens with one attached hydrogen (secondary N) is 1. The Kier molecular flexibility index (Phi) is 5.31. The maximum Gasteiger partial charge on any atom is 0.282 e. The van der Waals surface area contributed by atoms with Gasteiger partial charge in [-0.1, -0.05) is 30.7 Å². The number of halogens is 3. The Hall–Kier alpha value is -0.710. The standard InChI is InChI=1S/C12H16ClF2NO/c1-2-11(16-7-12(14,15)8-17)9-4-3-5-10(13)6-9/h3-6,11,16-17H,2,7-8H2,1H3. The van der Waals surface area contributed by atoms with Crippen LogP contribution >= 0.6 is 11.6 Å². The van der Waals surface area contributed by atoms with Gasteiger partial charge in [-0.25, -0.2) is 8.78 Å². The van der Waals surface area contributed by atoms with E-state index in [-0.39, 0.29) is 6.04 Å². The van der Waals surface area contributed by atoms with Gasteiger partial charge in [0, 0.05) is 11.1 Å². The Morgan fingerprint density at radius 1 is 1.47 bits per heavy atom. The summed E-state index contributed by atoms with van der Waals surface area (Å²) in [4.78, 5) is 0. The number of hydrogen-bond acceptors (Lipinski definition) is 2. The van der Waals surface area contributed by atoms with Gasteiger partial charge in [0.2, 0.25) is 0 Å². The first-order valence-corrected chi connectivity index (χ1v) is 5.84. The summed E-state index contributed by atoms with van der Waals surface area (Å²) in [7, 11) is 0. The van der Waals surface area contributed by atoms with E-state index < -0.39 is 19.1 Å². The van der Waals surface area contributed by atoms with Crippen LogP contribution in [0, 0.1) is 0 Å². The smallest absolute Gasteiger partial charge is 0.282 e. The highest BCUT2D eigenvalue weighted by Crippen LogP contribution is 2.21. The predicted molar refractivity (Wildman–Crippen MR) is 64.5 cm³/mol. The normalized spacial score (nSPS) is 13.7. The lowest BCUT2D eigenvalue weighted by atomic mass is 10.0. The van der Waals surface area contributed by atoms with Crippen molar-refractivity contribution in [3.8, 4) is 0 Å². The van der Waals surface area contributed by atoms with Gasteiger partial charge < -0.3 is 10.4 Å². The Bertz CT molecular complexity index is 360. The summed E-state index contributed by atoms with van der Waals surface area (Å²) in [6.45, 7) is 0.205. The fourth-order valence-electron chi connectivity index (χ4n) is 1.55. The molecule has 0 saturated carbocycles. The van der Waals surface area contributed by atoms with Crippen molar-refractivity contribution in [1.29, 1.82) is 0 Å². The molecule has 0 saturated heterocycles. The van der Waals surface area contributed by atoms with Gasteiger partial charge in [-0.2, -0.15) is 0 Å². The summed E-state index contributed by atoms with van der Waals surface area (Å²) in [5, 5.41) is 11.8. The van der Waals surface area contributed by atoms with Gasteiger partial charge in [-0.3, -0.25) is 0 Å². The fourth-order valence-corrected chi connectivity index (χ4v) is 1.75.